The number of likely N-dealkylation sites (tertiary alicyclic amines) is 1. The molecule has 2 unspecified atom stereocenters. The van der Waals surface area contributed by atoms with Crippen LogP contribution in [-0.2, 0) is 9.59 Å². The Morgan fingerprint density at radius 2 is 1.96 bits per heavy atom. The Labute approximate surface area is 164 Å². The summed E-state index contributed by atoms with van der Waals surface area (Å²) in [6, 6.07) is 14.0. The van der Waals surface area contributed by atoms with Gasteiger partial charge in [-0.2, -0.15) is 0 Å². The molecule has 1 fully saturated rings. The van der Waals surface area contributed by atoms with Gasteiger partial charge in [0.25, 0.3) is 0 Å². The molecule has 1 N–H and O–H groups in total. The maximum atomic E-state index is 12.6. The second-order valence-electron chi connectivity index (χ2n) is 7.42. The van der Waals surface area contributed by atoms with Crippen molar-refractivity contribution in [2.75, 3.05) is 18.4 Å². The first-order chi connectivity index (χ1) is 13.6. The van der Waals surface area contributed by atoms with Crippen LogP contribution in [0.4, 0.5) is 5.82 Å². The zero-order valence-corrected chi connectivity index (χ0v) is 15.8. The van der Waals surface area contributed by atoms with Crippen LogP contribution in [0.2, 0.25) is 0 Å². The van der Waals surface area contributed by atoms with Crippen LogP contribution in [0.25, 0.3) is 11.6 Å². The number of hydrogen-bond acceptors (Lipinski definition) is 3. The van der Waals surface area contributed by atoms with Gasteiger partial charge in [0.15, 0.2) is 0 Å². The van der Waals surface area contributed by atoms with E-state index in [1.165, 1.54) is 18.1 Å². The number of aromatic nitrogens is 1. The Balaban J connectivity index is 1.35. The number of allylic oxidation sites excluding steroid dienone is 1. The molecule has 2 amide bonds. The molecule has 0 radical (unpaired) electrons. The third kappa shape index (κ3) is 4.03. The molecule has 5 heteroatoms. The van der Waals surface area contributed by atoms with Crippen LogP contribution in [0.1, 0.15) is 24.5 Å². The van der Waals surface area contributed by atoms with Crippen LogP contribution in [0.15, 0.2) is 60.8 Å². The molecular formula is C23H23N3O2. The zero-order chi connectivity index (χ0) is 19.5. The Bertz CT molecular complexity index is 932. The number of rotatable bonds is 4. The van der Waals surface area contributed by atoms with Gasteiger partial charge in [-0.3, -0.25) is 9.59 Å². The first-order valence-corrected chi connectivity index (χ1v) is 9.55. The standard InChI is InChI=1S/C23H23N3O2/c1-16(27)25-22-9-7-17(13-24-22)8-10-23(28)26-14-20-11-19(12-21(20)15-26)18-5-3-2-4-6-18/h2-11,13,20-21H,12,14-15H2,1H3,(H,24,25,27). The highest BCUT2D eigenvalue weighted by molar-refractivity contribution is 5.92. The van der Waals surface area contributed by atoms with Gasteiger partial charge in [0, 0.05) is 32.3 Å². The molecule has 1 aromatic carbocycles. The third-order valence-electron chi connectivity index (χ3n) is 5.35. The van der Waals surface area contributed by atoms with Crippen LogP contribution in [0.5, 0.6) is 0 Å². The topological polar surface area (TPSA) is 62.3 Å². The van der Waals surface area contributed by atoms with Gasteiger partial charge in [-0.15, -0.1) is 0 Å². The van der Waals surface area contributed by atoms with Crippen LogP contribution in [0, 0.1) is 11.8 Å². The lowest BCUT2D eigenvalue weighted by Gasteiger charge is -2.15. The lowest BCUT2D eigenvalue weighted by atomic mass is 9.98. The van der Waals surface area contributed by atoms with Crippen molar-refractivity contribution in [2.45, 2.75) is 13.3 Å². The fourth-order valence-corrected chi connectivity index (χ4v) is 3.99. The summed E-state index contributed by atoms with van der Waals surface area (Å²) in [7, 11) is 0. The van der Waals surface area contributed by atoms with Crippen LogP contribution in [0.3, 0.4) is 0 Å². The molecule has 142 valence electrons. The quantitative estimate of drug-likeness (QED) is 0.833. The molecule has 0 spiro atoms. The average Bonchev–Trinajstić information content (AvgIpc) is 3.27. The minimum Gasteiger partial charge on any atom is -0.338 e. The van der Waals surface area contributed by atoms with E-state index in [1.807, 2.05) is 17.0 Å². The molecule has 1 saturated heterocycles. The number of nitrogens with zero attached hydrogens (tertiary/aromatic N) is 2. The summed E-state index contributed by atoms with van der Waals surface area (Å²) in [4.78, 5) is 29.7. The predicted molar refractivity (Wildman–Crippen MR) is 110 cm³/mol. The lowest BCUT2D eigenvalue weighted by molar-refractivity contribution is -0.125. The molecular weight excluding hydrogens is 350 g/mol. The second kappa shape index (κ2) is 7.80. The number of amides is 2. The van der Waals surface area contributed by atoms with Gasteiger partial charge in [0.1, 0.15) is 5.82 Å². The van der Waals surface area contributed by atoms with Crippen molar-refractivity contribution in [3.8, 4) is 0 Å². The minimum atomic E-state index is -0.157. The Morgan fingerprint density at radius 1 is 1.14 bits per heavy atom. The molecule has 2 atom stereocenters. The lowest BCUT2D eigenvalue weighted by Crippen LogP contribution is -2.27. The minimum absolute atomic E-state index is 0.0370. The number of fused-ring (bicyclic) bond motifs is 1. The number of pyridine rings is 1. The van der Waals surface area contributed by atoms with Gasteiger partial charge in [-0.25, -0.2) is 4.98 Å². The van der Waals surface area contributed by atoms with Gasteiger partial charge in [-0.05, 0) is 53.2 Å². The number of nitrogens with one attached hydrogen (secondary N) is 1. The van der Waals surface area contributed by atoms with Crippen LogP contribution >= 0.6 is 0 Å². The van der Waals surface area contributed by atoms with E-state index < -0.39 is 0 Å². The molecule has 2 aromatic rings. The molecule has 2 heterocycles. The molecule has 1 aromatic heterocycles. The SMILES string of the molecule is CC(=O)Nc1ccc(C=CC(=O)N2CC3C=C(c4ccccc4)CC3C2)cn1. The Morgan fingerprint density at radius 3 is 2.64 bits per heavy atom. The molecule has 0 bridgehead atoms. The average molecular weight is 373 g/mol. The van der Waals surface area contributed by atoms with E-state index in [0.717, 1.165) is 25.1 Å². The molecule has 4 rings (SSSR count). The fraction of sp³-hybridized carbons (Fsp3) is 0.261. The highest BCUT2D eigenvalue weighted by atomic mass is 16.2. The summed E-state index contributed by atoms with van der Waals surface area (Å²) in [6.07, 6.45) is 8.41. The van der Waals surface area contributed by atoms with Crippen LogP contribution in [-0.4, -0.2) is 34.8 Å². The number of carbonyl (C=O) groups is 2. The van der Waals surface area contributed by atoms with Crippen molar-refractivity contribution in [1.29, 1.82) is 0 Å². The summed E-state index contributed by atoms with van der Waals surface area (Å²) in [6.45, 7) is 3.03. The van der Waals surface area contributed by atoms with Crippen molar-refractivity contribution in [3.05, 3.63) is 71.9 Å². The number of anilines is 1. The largest absolute Gasteiger partial charge is 0.338 e. The molecule has 1 aliphatic carbocycles. The monoisotopic (exact) mass is 373 g/mol. The molecule has 1 aliphatic heterocycles. The summed E-state index contributed by atoms with van der Waals surface area (Å²) < 4.78 is 0. The van der Waals surface area contributed by atoms with E-state index in [2.05, 4.69) is 40.6 Å². The van der Waals surface area contributed by atoms with Crippen molar-refractivity contribution in [1.82, 2.24) is 9.88 Å². The molecule has 28 heavy (non-hydrogen) atoms. The summed E-state index contributed by atoms with van der Waals surface area (Å²) >= 11 is 0. The fourth-order valence-electron chi connectivity index (χ4n) is 3.99. The zero-order valence-electron chi connectivity index (χ0n) is 15.8. The van der Waals surface area contributed by atoms with E-state index >= 15 is 0 Å². The highest BCUT2D eigenvalue weighted by Crippen LogP contribution is 2.40. The van der Waals surface area contributed by atoms with E-state index in [9.17, 15) is 9.59 Å². The number of benzene rings is 1. The summed E-state index contributed by atoms with van der Waals surface area (Å²) in [5.41, 5.74) is 3.53. The van der Waals surface area contributed by atoms with Crippen molar-refractivity contribution in [2.24, 2.45) is 11.8 Å². The highest BCUT2D eigenvalue weighted by Gasteiger charge is 2.37. The van der Waals surface area contributed by atoms with E-state index in [0.29, 0.717) is 17.7 Å². The van der Waals surface area contributed by atoms with Crippen molar-refractivity contribution < 1.29 is 9.59 Å². The van der Waals surface area contributed by atoms with E-state index in [1.54, 1.807) is 24.4 Å². The molecule has 5 nitrogen and oxygen atoms in total. The summed E-state index contributed by atoms with van der Waals surface area (Å²) in [5, 5.41) is 2.62. The van der Waals surface area contributed by atoms with Gasteiger partial charge < -0.3 is 10.2 Å². The van der Waals surface area contributed by atoms with Gasteiger partial charge in [0.2, 0.25) is 11.8 Å². The Hall–Kier alpha value is -3.21. The maximum Gasteiger partial charge on any atom is 0.246 e. The summed E-state index contributed by atoms with van der Waals surface area (Å²) in [5.74, 6) is 1.35. The molecule has 2 aliphatic rings. The molecule has 0 saturated carbocycles. The van der Waals surface area contributed by atoms with Crippen LogP contribution < -0.4 is 5.32 Å². The number of hydrogen-bond donors (Lipinski definition) is 1. The Kier molecular flexibility index (Phi) is 5.06. The second-order valence-corrected chi connectivity index (χ2v) is 7.42. The van der Waals surface area contributed by atoms with Gasteiger partial charge in [-0.1, -0.05) is 36.4 Å². The van der Waals surface area contributed by atoms with Crippen molar-refractivity contribution in [3.63, 3.8) is 0 Å². The predicted octanol–water partition coefficient (Wildman–Crippen LogP) is 3.62. The van der Waals surface area contributed by atoms with Gasteiger partial charge >= 0.3 is 0 Å². The van der Waals surface area contributed by atoms with E-state index in [-0.39, 0.29) is 11.8 Å². The first-order valence-electron chi connectivity index (χ1n) is 9.55. The smallest absolute Gasteiger partial charge is 0.246 e. The number of carbonyl (C=O) groups excluding carboxylic acids is 2. The van der Waals surface area contributed by atoms with Crippen molar-refractivity contribution >= 4 is 29.3 Å². The van der Waals surface area contributed by atoms with Gasteiger partial charge in [0.05, 0.1) is 0 Å². The normalized spacial score (nSPS) is 20.9. The van der Waals surface area contributed by atoms with E-state index in [4.69, 9.17) is 0 Å². The third-order valence-corrected chi connectivity index (χ3v) is 5.35. The maximum absolute atomic E-state index is 12.6. The first kappa shape index (κ1) is 18.2.